The van der Waals surface area contributed by atoms with Crippen molar-refractivity contribution in [2.45, 2.75) is 13.3 Å². The van der Waals surface area contributed by atoms with Crippen LogP contribution in [0.2, 0.25) is 5.02 Å². The zero-order valence-electron chi connectivity index (χ0n) is 14.2. The van der Waals surface area contributed by atoms with Gasteiger partial charge in [0.05, 0.1) is 18.7 Å². The van der Waals surface area contributed by atoms with Gasteiger partial charge in [0.2, 0.25) is 5.91 Å². The lowest BCUT2D eigenvalue weighted by Crippen LogP contribution is -2.14. The van der Waals surface area contributed by atoms with E-state index < -0.39 is 0 Å². The second-order valence-corrected chi connectivity index (χ2v) is 6.75. The van der Waals surface area contributed by atoms with E-state index in [9.17, 15) is 4.79 Å². The zero-order valence-corrected chi connectivity index (χ0v) is 15.7. The van der Waals surface area contributed by atoms with Crippen LogP contribution in [0.1, 0.15) is 12.6 Å². The Kier molecular flexibility index (Phi) is 6.09. The van der Waals surface area contributed by atoms with E-state index in [1.165, 1.54) is 11.3 Å². The van der Waals surface area contributed by atoms with Crippen molar-refractivity contribution < 1.29 is 9.53 Å². The number of rotatable bonds is 7. The number of hydrogen-bond acceptors (Lipinski definition) is 5. The highest BCUT2D eigenvalue weighted by Gasteiger charge is 2.09. The lowest BCUT2D eigenvalue weighted by atomic mass is 10.3. The maximum atomic E-state index is 12.1. The van der Waals surface area contributed by atoms with Crippen molar-refractivity contribution in [1.29, 1.82) is 0 Å². The van der Waals surface area contributed by atoms with Gasteiger partial charge in [0.15, 0.2) is 5.13 Å². The molecule has 2 N–H and O–H groups in total. The van der Waals surface area contributed by atoms with Crippen molar-refractivity contribution in [3.05, 3.63) is 64.6 Å². The molecule has 3 rings (SSSR count). The molecule has 1 aromatic heterocycles. The molecule has 134 valence electrons. The highest BCUT2D eigenvalue weighted by atomic mass is 35.5. The molecule has 0 spiro atoms. The van der Waals surface area contributed by atoms with Crippen LogP contribution < -0.4 is 15.4 Å². The Labute approximate surface area is 161 Å². The number of thiazole rings is 1. The zero-order chi connectivity index (χ0) is 18.4. The van der Waals surface area contributed by atoms with Gasteiger partial charge in [0.25, 0.3) is 0 Å². The number of halogens is 1. The molecule has 0 fully saturated rings. The monoisotopic (exact) mass is 387 g/mol. The van der Waals surface area contributed by atoms with Crippen molar-refractivity contribution in [3.63, 3.8) is 0 Å². The van der Waals surface area contributed by atoms with E-state index in [0.29, 0.717) is 17.3 Å². The quantitative estimate of drug-likeness (QED) is 0.590. The topological polar surface area (TPSA) is 63.2 Å². The first-order valence-corrected chi connectivity index (χ1v) is 9.38. The number of ether oxygens (including phenoxy) is 1. The first kappa shape index (κ1) is 18.2. The molecular weight excluding hydrogens is 370 g/mol. The van der Waals surface area contributed by atoms with Crippen LogP contribution in [0.15, 0.2) is 53.9 Å². The summed E-state index contributed by atoms with van der Waals surface area (Å²) in [5, 5.41) is 9.30. The van der Waals surface area contributed by atoms with E-state index in [1.807, 2.05) is 36.6 Å². The fourth-order valence-corrected chi connectivity index (χ4v) is 3.13. The number of nitrogens with one attached hydrogen (secondary N) is 2. The lowest BCUT2D eigenvalue weighted by Gasteiger charge is -2.05. The third-order valence-corrected chi connectivity index (χ3v) is 4.50. The summed E-state index contributed by atoms with van der Waals surface area (Å²) >= 11 is 7.29. The summed E-state index contributed by atoms with van der Waals surface area (Å²) in [5.74, 6) is 0.710. The van der Waals surface area contributed by atoms with Gasteiger partial charge < -0.3 is 15.4 Å². The third kappa shape index (κ3) is 5.21. The molecule has 0 bridgehead atoms. The Hall–Kier alpha value is -2.57. The second-order valence-electron chi connectivity index (χ2n) is 5.46. The van der Waals surface area contributed by atoms with Crippen LogP contribution >= 0.6 is 22.9 Å². The van der Waals surface area contributed by atoms with E-state index in [1.54, 1.807) is 24.3 Å². The highest BCUT2D eigenvalue weighted by Crippen LogP contribution is 2.23. The molecular formula is C19H18ClN3O2S. The van der Waals surface area contributed by atoms with Crippen molar-refractivity contribution in [3.8, 4) is 5.75 Å². The van der Waals surface area contributed by atoms with Gasteiger partial charge in [-0.25, -0.2) is 4.98 Å². The van der Waals surface area contributed by atoms with Gasteiger partial charge in [-0.15, -0.1) is 11.3 Å². The Balaban J connectivity index is 1.55. The average Bonchev–Trinajstić information content (AvgIpc) is 3.05. The van der Waals surface area contributed by atoms with E-state index in [4.69, 9.17) is 16.3 Å². The number of amides is 1. The minimum Gasteiger partial charge on any atom is -0.494 e. The number of carbonyl (C=O) groups is 1. The van der Waals surface area contributed by atoms with Crippen molar-refractivity contribution in [1.82, 2.24) is 4.98 Å². The molecule has 0 aliphatic carbocycles. The number of hydrogen-bond donors (Lipinski definition) is 2. The maximum absolute atomic E-state index is 12.1. The Morgan fingerprint density at radius 2 is 1.81 bits per heavy atom. The molecule has 26 heavy (non-hydrogen) atoms. The Morgan fingerprint density at radius 1 is 1.12 bits per heavy atom. The normalized spacial score (nSPS) is 10.4. The standard InChI is InChI=1S/C19H18ClN3O2S/c1-2-25-17-9-7-15(8-10-17)22-19-23-16(12-26-19)11-18(24)21-14-5-3-13(20)4-6-14/h3-10,12H,2,11H2,1H3,(H,21,24)(H,22,23). The van der Waals surface area contributed by atoms with Crippen LogP contribution in [0.5, 0.6) is 5.75 Å². The van der Waals surface area contributed by atoms with Crippen molar-refractivity contribution in [2.75, 3.05) is 17.2 Å². The first-order valence-electron chi connectivity index (χ1n) is 8.12. The molecule has 0 radical (unpaired) electrons. The molecule has 7 heteroatoms. The summed E-state index contributed by atoms with van der Waals surface area (Å²) in [5.41, 5.74) is 2.34. The average molecular weight is 388 g/mol. The van der Waals surface area contributed by atoms with Gasteiger partial charge in [-0.1, -0.05) is 11.6 Å². The summed E-state index contributed by atoms with van der Waals surface area (Å²) in [6.07, 6.45) is 0.212. The fourth-order valence-electron chi connectivity index (χ4n) is 2.27. The summed E-state index contributed by atoms with van der Waals surface area (Å²) in [4.78, 5) is 16.6. The molecule has 5 nitrogen and oxygen atoms in total. The first-order chi connectivity index (χ1) is 12.6. The molecule has 0 saturated heterocycles. The van der Waals surface area contributed by atoms with Gasteiger partial charge in [0, 0.05) is 21.8 Å². The van der Waals surface area contributed by atoms with Crippen LogP contribution in [-0.2, 0) is 11.2 Å². The smallest absolute Gasteiger partial charge is 0.230 e. The molecule has 0 aliphatic rings. The van der Waals surface area contributed by atoms with Crippen LogP contribution in [0.3, 0.4) is 0 Å². The van der Waals surface area contributed by atoms with Crippen molar-refractivity contribution >= 4 is 45.4 Å². The SMILES string of the molecule is CCOc1ccc(Nc2nc(CC(=O)Nc3ccc(Cl)cc3)cs2)cc1. The van der Waals surface area contributed by atoms with E-state index >= 15 is 0 Å². The third-order valence-electron chi connectivity index (χ3n) is 3.44. The fraction of sp³-hybridized carbons (Fsp3) is 0.158. The number of benzene rings is 2. The molecule has 2 aromatic carbocycles. The summed E-state index contributed by atoms with van der Waals surface area (Å²) in [7, 11) is 0. The maximum Gasteiger partial charge on any atom is 0.230 e. The summed E-state index contributed by atoms with van der Waals surface area (Å²) in [6.45, 7) is 2.59. The Morgan fingerprint density at radius 3 is 2.50 bits per heavy atom. The van der Waals surface area contributed by atoms with Crippen LogP contribution in [-0.4, -0.2) is 17.5 Å². The largest absolute Gasteiger partial charge is 0.494 e. The molecule has 3 aromatic rings. The summed E-state index contributed by atoms with van der Waals surface area (Å²) < 4.78 is 5.42. The van der Waals surface area contributed by atoms with Gasteiger partial charge in [-0.2, -0.15) is 0 Å². The lowest BCUT2D eigenvalue weighted by molar-refractivity contribution is -0.115. The number of nitrogens with zero attached hydrogens (tertiary/aromatic N) is 1. The van der Waals surface area contributed by atoms with Gasteiger partial charge in [-0.3, -0.25) is 4.79 Å². The van der Waals surface area contributed by atoms with E-state index in [2.05, 4.69) is 15.6 Å². The van der Waals surface area contributed by atoms with Gasteiger partial charge in [-0.05, 0) is 55.5 Å². The molecule has 1 heterocycles. The number of carbonyl (C=O) groups excluding carboxylic acids is 1. The van der Waals surface area contributed by atoms with Gasteiger partial charge in [0.1, 0.15) is 5.75 Å². The minimum absolute atomic E-state index is 0.120. The molecule has 0 atom stereocenters. The predicted molar refractivity (Wildman–Crippen MR) is 107 cm³/mol. The number of aromatic nitrogens is 1. The van der Waals surface area contributed by atoms with Crippen molar-refractivity contribution in [2.24, 2.45) is 0 Å². The van der Waals surface area contributed by atoms with Gasteiger partial charge >= 0.3 is 0 Å². The second kappa shape index (κ2) is 8.69. The van der Waals surface area contributed by atoms with Crippen LogP contribution in [0.4, 0.5) is 16.5 Å². The van der Waals surface area contributed by atoms with Crippen LogP contribution in [0, 0.1) is 0 Å². The molecule has 1 amide bonds. The molecule has 0 unspecified atom stereocenters. The van der Waals surface area contributed by atoms with Crippen LogP contribution in [0.25, 0.3) is 0 Å². The minimum atomic E-state index is -0.120. The Bertz CT molecular complexity index is 863. The number of anilines is 3. The van der Waals surface area contributed by atoms with E-state index in [-0.39, 0.29) is 12.3 Å². The highest BCUT2D eigenvalue weighted by molar-refractivity contribution is 7.13. The predicted octanol–water partition coefficient (Wildman–Crippen LogP) is 5.12. The molecule has 0 saturated carbocycles. The summed E-state index contributed by atoms with van der Waals surface area (Å²) in [6, 6.07) is 14.7. The molecule has 0 aliphatic heterocycles. The van der Waals surface area contributed by atoms with E-state index in [0.717, 1.165) is 22.3 Å².